The molecule has 0 radical (unpaired) electrons. The first-order valence-corrected chi connectivity index (χ1v) is 8.17. The van der Waals surface area contributed by atoms with Gasteiger partial charge >= 0.3 is 0 Å². The van der Waals surface area contributed by atoms with Crippen molar-refractivity contribution in [3.8, 4) is 0 Å². The van der Waals surface area contributed by atoms with Gasteiger partial charge in [0.1, 0.15) is 16.2 Å². The second-order valence-electron chi connectivity index (χ2n) is 4.51. The van der Waals surface area contributed by atoms with Gasteiger partial charge in [-0.05, 0) is 12.8 Å². The van der Waals surface area contributed by atoms with E-state index in [1.54, 1.807) is 13.3 Å². The van der Waals surface area contributed by atoms with E-state index >= 15 is 0 Å². The zero-order valence-corrected chi connectivity index (χ0v) is 11.5. The monoisotopic (exact) mass is 269 g/mol. The number of aryl methyl sites for hydroxylation is 1. The Morgan fingerprint density at radius 3 is 3.00 bits per heavy atom. The van der Waals surface area contributed by atoms with E-state index in [-0.39, 0.29) is 11.5 Å². The molecule has 100 valence electrons. The summed E-state index contributed by atoms with van der Waals surface area (Å²) >= 11 is 0. The number of nitrogens with one attached hydrogen (secondary N) is 1. The van der Waals surface area contributed by atoms with Crippen LogP contribution >= 0.6 is 0 Å². The topological polar surface area (TPSA) is 72.0 Å². The zero-order valence-electron chi connectivity index (χ0n) is 10.6. The summed E-state index contributed by atoms with van der Waals surface area (Å²) in [6, 6.07) is 0. The molecule has 1 aromatic rings. The van der Waals surface area contributed by atoms with Crippen molar-refractivity contribution in [2.45, 2.75) is 32.7 Å². The van der Waals surface area contributed by atoms with Gasteiger partial charge in [-0.15, -0.1) is 0 Å². The van der Waals surface area contributed by atoms with E-state index in [4.69, 9.17) is 0 Å². The van der Waals surface area contributed by atoms with E-state index in [0.29, 0.717) is 12.8 Å². The minimum absolute atomic E-state index is 0.219. The van der Waals surface area contributed by atoms with Crippen LogP contribution in [0.5, 0.6) is 0 Å². The lowest BCUT2D eigenvalue weighted by atomic mass is 10.0. The molecule has 1 N–H and O–H groups in total. The van der Waals surface area contributed by atoms with Crippen molar-refractivity contribution in [2.75, 3.05) is 18.1 Å². The molecule has 0 aliphatic carbocycles. The molecular formula is C12H19N3O2S. The van der Waals surface area contributed by atoms with Gasteiger partial charge in [0.2, 0.25) is 0 Å². The SMILES string of the molecule is CCS(=O)(=O)CCCc1ncnc2c1CNCC2. The van der Waals surface area contributed by atoms with Crippen LogP contribution in [0.15, 0.2) is 6.33 Å². The molecule has 0 saturated heterocycles. The van der Waals surface area contributed by atoms with Gasteiger partial charge in [-0.3, -0.25) is 0 Å². The number of hydrogen-bond donors (Lipinski definition) is 1. The summed E-state index contributed by atoms with van der Waals surface area (Å²) < 4.78 is 22.9. The van der Waals surface area contributed by atoms with Gasteiger partial charge < -0.3 is 5.32 Å². The number of nitrogens with zero attached hydrogens (tertiary/aromatic N) is 2. The van der Waals surface area contributed by atoms with Crippen LogP contribution in [0.25, 0.3) is 0 Å². The average Bonchev–Trinajstić information content (AvgIpc) is 2.39. The van der Waals surface area contributed by atoms with Crippen molar-refractivity contribution in [1.29, 1.82) is 0 Å². The molecule has 1 aliphatic heterocycles. The largest absolute Gasteiger partial charge is 0.312 e. The summed E-state index contributed by atoms with van der Waals surface area (Å²) in [7, 11) is -2.87. The molecule has 0 unspecified atom stereocenters. The minimum Gasteiger partial charge on any atom is -0.312 e. The second-order valence-corrected chi connectivity index (χ2v) is 6.99. The Morgan fingerprint density at radius 2 is 2.22 bits per heavy atom. The summed E-state index contributed by atoms with van der Waals surface area (Å²) in [5.41, 5.74) is 3.27. The zero-order chi connectivity index (χ0) is 13.0. The van der Waals surface area contributed by atoms with Crippen LogP contribution in [0.3, 0.4) is 0 Å². The Hall–Kier alpha value is -1.01. The Kier molecular flexibility index (Phi) is 4.29. The van der Waals surface area contributed by atoms with E-state index < -0.39 is 9.84 Å². The molecule has 18 heavy (non-hydrogen) atoms. The van der Waals surface area contributed by atoms with Gasteiger partial charge in [-0.25, -0.2) is 18.4 Å². The third-order valence-electron chi connectivity index (χ3n) is 3.27. The van der Waals surface area contributed by atoms with Gasteiger partial charge in [0.15, 0.2) is 0 Å². The van der Waals surface area contributed by atoms with Crippen molar-refractivity contribution in [3.05, 3.63) is 23.3 Å². The van der Waals surface area contributed by atoms with Crippen molar-refractivity contribution >= 4 is 9.84 Å². The van der Waals surface area contributed by atoms with E-state index in [1.807, 2.05) is 0 Å². The van der Waals surface area contributed by atoms with E-state index in [9.17, 15) is 8.42 Å². The summed E-state index contributed by atoms with van der Waals surface area (Å²) in [6.07, 6.45) is 3.87. The third-order valence-corrected chi connectivity index (χ3v) is 5.06. The van der Waals surface area contributed by atoms with Gasteiger partial charge in [-0.2, -0.15) is 0 Å². The number of aromatic nitrogens is 2. The highest BCUT2D eigenvalue weighted by Gasteiger charge is 2.15. The maximum Gasteiger partial charge on any atom is 0.150 e. The Balaban J connectivity index is 2.02. The fourth-order valence-electron chi connectivity index (χ4n) is 2.15. The van der Waals surface area contributed by atoms with E-state index in [0.717, 1.165) is 36.5 Å². The van der Waals surface area contributed by atoms with Crippen LogP contribution in [-0.4, -0.2) is 36.4 Å². The second kappa shape index (κ2) is 5.75. The van der Waals surface area contributed by atoms with Crippen LogP contribution in [0.2, 0.25) is 0 Å². The lowest BCUT2D eigenvalue weighted by Gasteiger charge is -2.18. The molecule has 0 aromatic carbocycles. The lowest BCUT2D eigenvalue weighted by molar-refractivity contribution is 0.592. The molecule has 2 rings (SSSR count). The van der Waals surface area contributed by atoms with Gasteiger partial charge in [-0.1, -0.05) is 6.92 Å². The van der Waals surface area contributed by atoms with Crippen LogP contribution in [0, 0.1) is 0 Å². The van der Waals surface area contributed by atoms with Crippen LogP contribution in [0.4, 0.5) is 0 Å². The number of fused-ring (bicyclic) bond motifs is 1. The maximum absolute atomic E-state index is 11.4. The fourth-order valence-corrected chi connectivity index (χ4v) is 3.02. The quantitative estimate of drug-likeness (QED) is 0.842. The highest BCUT2D eigenvalue weighted by Crippen LogP contribution is 2.15. The summed E-state index contributed by atoms with van der Waals surface area (Å²) in [4.78, 5) is 8.58. The molecule has 0 spiro atoms. The first-order chi connectivity index (χ1) is 8.62. The standard InChI is InChI=1S/C12H19N3O2S/c1-2-18(16,17)7-3-4-11-10-8-13-6-5-12(10)15-9-14-11/h9,13H,2-8H2,1H3. The number of hydrogen-bond acceptors (Lipinski definition) is 5. The van der Waals surface area contributed by atoms with E-state index in [1.165, 1.54) is 0 Å². The Bertz CT molecular complexity index is 514. The summed E-state index contributed by atoms with van der Waals surface area (Å²) in [6.45, 7) is 3.44. The highest BCUT2D eigenvalue weighted by atomic mass is 32.2. The number of sulfone groups is 1. The highest BCUT2D eigenvalue weighted by molar-refractivity contribution is 7.91. The molecular weight excluding hydrogens is 250 g/mol. The lowest BCUT2D eigenvalue weighted by Crippen LogP contribution is -2.26. The summed E-state index contributed by atoms with van der Waals surface area (Å²) in [5.74, 6) is 0.464. The van der Waals surface area contributed by atoms with Crippen molar-refractivity contribution in [2.24, 2.45) is 0 Å². The summed E-state index contributed by atoms with van der Waals surface area (Å²) in [5, 5.41) is 3.30. The van der Waals surface area contributed by atoms with Gasteiger partial charge in [0, 0.05) is 42.2 Å². The molecule has 0 saturated carbocycles. The normalized spacial score (nSPS) is 15.4. The van der Waals surface area contributed by atoms with Crippen molar-refractivity contribution in [1.82, 2.24) is 15.3 Å². The average molecular weight is 269 g/mol. The Labute approximate surface area is 108 Å². The third kappa shape index (κ3) is 3.26. The fraction of sp³-hybridized carbons (Fsp3) is 0.667. The molecule has 0 amide bonds. The maximum atomic E-state index is 11.4. The molecule has 0 fully saturated rings. The van der Waals surface area contributed by atoms with E-state index in [2.05, 4.69) is 15.3 Å². The predicted octanol–water partition coefficient (Wildman–Crippen LogP) is 0.490. The van der Waals surface area contributed by atoms with Gasteiger partial charge in [0.05, 0.1) is 5.75 Å². The van der Waals surface area contributed by atoms with Crippen molar-refractivity contribution < 1.29 is 8.42 Å². The smallest absolute Gasteiger partial charge is 0.150 e. The predicted molar refractivity (Wildman–Crippen MR) is 70.1 cm³/mol. The molecule has 1 aliphatic rings. The van der Waals surface area contributed by atoms with Gasteiger partial charge in [0.25, 0.3) is 0 Å². The molecule has 5 nitrogen and oxygen atoms in total. The minimum atomic E-state index is -2.87. The molecule has 2 heterocycles. The number of rotatable bonds is 5. The first-order valence-electron chi connectivity index (χ1n) is 6.35. The van der Waals surface area contributed by atoms with Crippen LogP contribution in [0.1, 0.15) is 30.3 Å². The van der Waals surface area contributed by atoms with Crippen LogP contribution < -0.4 is 5.32 Å². The van der Waals surface area contributed by atoms with Crippen LogP contribution in [-0.2, 0) is 29.2 Å². The van der Waals surface area contributed by atoms with Crippen molar-refractivity contribution in [3.63, 3.8) is 0 Å². The molecule has 0 bridgehead atoms. The molecule has 1 aromatic heterocycles. The molecule has 6 heteroatoms. The Morgan fingerprint density at radius 1 is 1.39 bits per heavy atom. The molecule has 0 atom stereocenters. The first kappa shape index (κ1) is 13.4.